The smallest absolute Gasteiger partial charge is 0.308 e. The van der Waals surface area contributed by atoms with Gasteiger partial charge in [0, 0.05) is 19.0 Å². The number of carbonyl (C=O) groups is 2. The molecule has 2 atom stereocenters. The van der Waals surface area contributed by atoms with Gasteiger partial charge in [0.05, 0.1) is 12.5 Å². The largest absolute Gasteiger partial charge is 0.481 e. The minimum absolute atomic E-state index is 0.0291. The molecule has 1 aromatic rings. The summed E-state index contributed by atoms with van der Waals surface area (Å²) in [5, 5.41) is 9.66. The van der Waals surface area contributed by atoms with Gasteiger partial charge in [-0.2, -0.15) is 0 Å². The summed E-state index contributed by atoms with van der Waals surface area (Å²) < 4.78 is 10.7. The highest BCUT2D eigenvalue weighted by molar-refractivity contribution is 5.81. The summed E-state index contributed by atoms with van der Waals surface area (Å²) in [7, 11) is 0. The van der Waals surface area contributed by atoms with Crippen LogP contribution in [0.1, 0.15) is 30.7 Å². The molecule has 0 unspecified atom stereocenters. The predicted octanol–water partition coefficient (Wildman–Crippen LogP) is 1.53. The number of aliphatic carboxylic acids is 1. The van der Waals surface area contributed by atoms with Crippen molar-refractivity contribution in [2.75, 3.05) is 39.5 Å². The van der Waals surface area contributed by atoms with Gasteiger partial charge in [-0.25, -0.2) is 0 Å². The fraction of sp³-hybridized carbons (Fsp3) is 0.579. The highest BCUT2D eigenvalue weighted by Crippen LogP contribution is 2.39. The third-order valence-electron chi connectivity index (χ3n) is 5.62. The second-order valence-electron chi connectivity index (χ2n) is 7.30. The number of benzene rings is 1. The lowest BCUT2D eigenvalue weighted by Gasteiger charge is -2.28. The maximum atomic E-state index is 12.7. The molecule has 26 heavy (non-hydrogen) atoms. The molecule has 0 bridgehead atoms. The van der Waals surface area contributed by atoms with Crippen molar-refractivity contribution in [3.63, 3.8) is 0 Å². The maximum Gasteiger partial charge on any atom is 0.308 e. The lowest BCUT2D eigenvalue weighted by Crippen LogP contribution is -2.41. The number of ether oxygens (including phenoxy) is 2. The Labute approximate surface area is 152 Å². The van der Waals surface area contributed by atoms with E-state index < -0.39 is 11.9 Å². The van der Waals surface area contributed by atoms with Crippen LogP contribution in [-0.2, 0) is 9.59 Å². The average molecular weight is 360 g/mol. The number of hydrogen-bond acceptors (Lipinski definition) is 5. The first-order valence-corrected chi connectivity index (χ1v) is 9.24. The highest BCUT2D eigenvalue weighted by atomic mass is 16.7. The summed E-state index contributed by atoms with van der Waals surface area (Å²) in [6.07, 6.45) is 3.48. The maximum absolute atomic E-state index is 12.7. The summed E-state index contributed by atoms with van der Waals surface area (Å²) in [6.45, 7) is 3.18. The van der Waals surface area contributed by atoms with Crippen LogP contribution in [-0.4, -0.2) is 66.3 Å². The summed E-state index contributed by atoms with van der Waals surface area (Å²) >= 11 is 0. The van der Waals surface area contributed by atoms with Crippen LogP contribution in [0.15, 0.2) is 18.2 Å². The third kappa shape index (κ3) is 3.35. The predicted molar refractivity (Wildman–Crippen MR) is 93.3 cm³/mol. The van der Waals surface area contributed by atoms with E-state index in [0.29, 0.717) is 24.6 Å². The molecule has 3 aliphatic heterocycles. The van der Waals surface area contributed by atoms with Crippen molar-refractivity contribution in [2.45, 2.75) is 25.2 Å². The number of rotatable bonds is 4. The van der Waals surface area contributed by atoms with Crippen LogP contribution in [0.3, 0.4) is 0 Å². The van der Waals surface area contributed by atoms with Crippen LogP contribution in [0.25, 0.3) is 0 Å². The molecule has 0 saturated carbocycles. The number of amides is 1. The molecule has 140 valence electrons. The van der Waals surface area contributed by atoms with Gasteiger partial charge in [-0.3, -0.25) is 14.5 Å². The van der Waals surface area contributed by atoms with Gasteiger partial charge in [-0.05, 0) is 43.6 Å². The molecule has 7 nitrogen and oxygen atoms in total. The Morgan fingerprint density at radius 3 is 2.62 bits per heavy atom. The molecule has 3 aliphatic rings. The molecule has 1 aromatic carbocycles. The standard InChI is InChI=1S/C19H24N2O5/c22-18(11-20-6-2-1-3-7-20)21-9-14(15(10-21)19(23)24)13-4-5-16-17(8-13)26-12-25-16/h4-5,8,14-15H,1-3,6-7,9-12H2,(H,23,24)/t14-,15+/m0/s1. The number of carboxylic acid groups (broad SMARTS) is 1. The van der Waals surface area contributed by atoms with E-state index in [1.54, 1.807) is 4.90 Å². The van der Waals surface area contributed by atoms with Crippen molar-refractivity contribution in [3.05, 3.63) is 23.8 Å². The fourth-order valence-electron chi connectivity index (χ4n) is 4.15. The zero-order valence-electron chi connectivity index (χ0n) is 14.7. The third-order valence-corrected chi connectivity index (χ3v) is 5.62. The number of hydrogen-bond donors (Lipinski definition) is 1. The molecule has 7 heteroatoms. The SMILES string of the molecule is O=C(O)[C@@H]1CN(C(=O)CN2CCCCC2)C[C@H]1c1ccc2c(c1)OCO2. The van der Waals surface area contributed by atoms with Crippen molar-refractivity contribution >= 4 is 11.9 Å². The topological polar surface area (TPSA) is 79.3 Å². The van der Waals surface area contributed by atoms with Crippen LogP contribution < -0.4 is 9.47 Å². The van der Waals surface area contributed by atoms with Crippen LogP contribution in [0, 0.1) is 5.92 Å². The number of piperidine rings is 1. The number of fused-ring (bicyclic) bond motifs is 1. The highest BCUT2D eigenvalue weighted by Gasteiger charge is 2.41. The first kappa shape index (κ1) is 17.1. The molecular weight excluding hydrogens is 336 g/mol. The summed E-state index contributed by atoms with van der Waals surface area (Å²) in [4.78, 5) is 28.4. The van der Waals surface area contributed by atoms with Gasteiger partial charge >= 0.3 is 5.97 Å². The van der Waals surface area contributed by atoms with Crippen LogP contribution in [0.5, 0.6) is 11.5 Å². The number of nitrogens with zero attached hydrogens (tertiary/aromatic N) is 2. The Balaban J connectivity index is 1.48. The van der Waals surface area contributed by atoms with Crippen molar-refractivity contribution < 1.29 is 24.2 Å². The second kappa shape index (κ2) is 7.15. The van der Waals surface area contributed by atoms with E-state index in [2.05, 4.69) is 4.90 Å². The number of carbonyl (C=O) groups excluding carboxylic acids is 1. The fourth-order valence-corrected chi connectivity index (χ4v) is 4.15. The second-order valence-corrected chi connectivity index (χ2v) is 7.30. The Kier molecular flexibility index (Phi) is 4.72. The van der Waals surface area contributed by atoms with Gasteiger partial charge in [0.25, 0.3) is 0 Å². The average Bonchev–Trinajstić information content (AvgIpc) is 3.29. The molecule has 0 aliphatic carbocycles. The molecule has 0 spiro atoms. The lowest BCUT2D eigenvalue weighted by atomic mass is 9.89. The molecular formula is C19H24N2O5. The zero-order valence-corrected chi connectivity index (χ0v) is 14.7. The summed E-state index contributed by atoms with van der Waals surface area (Å²) in [5.74, 6) is -0.336. The Morgan fingerprint density at radius 1 is 1.08 bits per heavy atom. The van der Waals surface area contributed by atoms with Crippen molar-refractivity contribution in [2.24, 2.45) is 5.92 Å². The molecule has 0 aromatic heterocycles. The summed E-state index contributed by atoms with van der Waals surface area (Å²) in [5.41, 5.74) is 0.884. The van der Waals surface area contributed by atoms with E-state index in [0.717, 1.165) is 31.5 Å². The number of likely N-dealkylation sites (tertiary alicyclic amines) is 2. The van der Waals surface area contributed by atoms with E-state index in [1.165, 1.54) is 6.42 Å². The Hall–Kier alpha value is -2.28. The van der Waals surface area contributed by atoms with Gasteiger partial charge in [0.15, 0.2) is 11.5 Å². The molecule has 2 saturated heterocycles. The summed E-state index contributed by atoms with van der Waals surface area (Å²) in [6, 6.07) is 5.54. The molecule has 2 fully saturated rings. The van der Waals surface area contributed by atoms with Gasteiger partial charge in [0.2, 0.25) is 12.7 Å². The van der Waals surface area contributed by atoms with Gasteiger partial charge in [-0.1, -0.05) is 12.5 Å². The van der Waals surface area contributed by atoms with Crippen molar-refractivity contribution in [3.8, 4) is 11.5 Å². The first-order chi connectivity index (χ1) is 12.6. The van der Waals surface area contributed by atoms with E-state index >= 15 is 0 Å². The van der Waals surface area contributed by atoms with Crippen LogP contribution in [0.2, 0.25) is 0 Å². The monoisotopic (exact) mass is 360 g/mol. The van der Waals surface area contributed by atoms with Crippen LogP contribution in [0.4, 0.5) is 0 Å². The van der Waals surface area contributed by atoms with Gasteiger partial charge < -0.3 is 19.5 Å². The first-order valence-electron chi connectivity index (χ1n) is 9.24. The molecule has 1 N–H and O–H groups in total. The van der Waals surface area contributed by atoms with Gasteiger partial charge in [0.1, 0.15) is 0 Å². The molecule has 0 radical (unpaired) electrons. The van der Waals surface area contributed by atoms with Gasteiger partial charge in [-0.15, -0.1) is 0 Å². The lowest BCUT2D eigenvalue weighted by molar-refractivity contribution is -0.141. The van der Waals surface area contributed by atoms with Crippen molar-refractivity contribution in [1.82, 2.24) is 9.80 Å². The minimum Gasteiger partial charge on any atom is -0.481 e. The van der Waals surface area contributed by atoms with Crippen LogP contribution >= 0.6 is 0 Å². The zero-order chi connectivity index (χ0) is 18.1. The normalized spacial score (nSPS) is 25.5. The van der Waals surface area contributed by atoms with E-state index in [4.69, 9.17) is 9.47 Å². The minimum atomic E-state index is -0.860. The quantitative estimate of drug-likeness (QED) is 0.877. The van der Waals surface area contributed by atoms with Crippen molar-refractivity contribution in [1.29, 1.82) is 0 Å². The number of carboxylic acids is 1. The van der Waals surface area contributed by atoms with E-state index in [1.807, 2.05) is 18.2 Å². The van der Waals surface area contributed by atoms with E-state index in [-0.39, 0.29) is 25.2 Å². The molecule has 4 rings (SSSR count). The Morgan fingerprint density at radius 2 is 1.85 bits per heavy atom. The Bertz CT molecular complexity index is 701. The van der Waals surface area contributed by atoms with E-state index in [9.17, 15) is 14.7 Å². The molecule has 3 heterocycles. The molecule has 1 amide bonds.